The average Bonchev–Trinajstić information content (AvgIpc) is 3.12. The van der Waals surface area contributed by atoms with E-state index in [2.05, 4.69) is 33.9 Å². The van der Waals surface area contributed by atoms with Gasteiger partial charge in [0, 0.05) is 63.9 Å². The van der Waals surface area contributed by atoms with Crippen molar-refractivity contribution in [3.63, 3.8) is 0 Å². The lowest BCUT2D eigenvalue weighted by Gasteiger charge is -2.44. The van der Waals surface area contributed by atoms with Gasteiger partial charge in [0.1, 0.15) is 0 Å². The number of nitrogens with zero attached hydrogens (tertiary/aromatic N) is 4. The van der Waals surface area contributed by atoms with Gasteiger partial charge in [-0.15, -0.1) is 0 Å². The van der Waals surface area contributed by atoms with Crippen LogP contribution in [0, 0.1) is 0 Å². The molecule has 27 heavy (non-hydrogen) atoms. The lowest BCUT2D eigenvalue weighted by molar-refractivity contribution is 0.00000911. The van der Waals surface area contributed by atoms with Crippen molar-refractivity contribution in [1.82, 2.24) is 24.7 Å². The average molecular weight is 378 g/mol. The Morgan fingerprint density at radius 2 is 1.93 bits per heavy atom. The number of carbonyl (C=O) groups excluding carboxylic acids is 1. The summed E-state index contributed by atoms with van der Waals surface area (Å²) in [7, 11) is 1.85. The summed E-state index contributed by atoms with van der Waals surface area (Å²) in [6.45, 7) is 10.2. The van der Waals surface area contributed by atoms with E-state index < -0.39 is 0 Å². The van der Waals surface area contributed by atoms with Crippen LogP contribution in [0.1, 0.15) is 50.1 Å². The summed E-state index contributed by atoms with van der Waals surface area (Å²) in [6, 6.07) is 1.80. The van der Waals surface area contributed by atoms with Gasteiger partial charge in [-0.2, -0.15) is 0 Å². The number of rotatable bonds is 7. The van der Waals surface area contributed by atoms with Crippen molar-refractivity contribution in [3.8, 4) is 0 Å². The molecule has 7 nitrogen and oxygen atoms in total. The standard InChI is InChI=1S/C20H35N5O2/c1-16(2)24-10-4-17(5-11-24)25(18-6-14-27-15-7-18)13-9-22-20(26)19-21-8-12-23(19)3/h8,12,16-18H,4-7,9-11,13-15H2,1-3H3,(H,22,26). The van der Waals surface area contributed by atoms with Gasteiger partial charge in [-0.05, 0) is 52.6 Å². The van der Waals surface area contributed by atoms with Crippen molar-refractivity contribution in [2.24, 2.45) is 7.05 Å². The molecular weight excluding hydrogens is 342 g/mol. The molecule has 3 heterocycles. The molecule has 1 N–H and O–H groups in total. The number of piperidine rings is 1. The van der Waals surface area contributed by atoms with Crippen LogP contribution in [0.3, 0.4) is 0 Å². The van der Waals surface area contributed by atoms with E-state index >= 15 is 0 Å². The molecule has 2 fully saturated rings. The Morgan fingerprint density at radius 1 is 1.26 bits per heavy atom. The van der Waals surface area contributed by atoms with Gasteiger partial charge in [-0.3, -0.25) is 9.69 Å². The zero-order chi connectivity index (χ0) is 19.2. The SMILES string of the molecule is CC(C)N1CCC(N(CCNC(=O)c2nccn2C)C2CCOCC2)CC1. The van der Waals surface area contributed by atoms with Crippen molar-refractivity contribution < 1.29 is 9.53 Å². The number of carbonyl (C=O) groups is 1. The highest BCUT2D eigenvalue weighted by molar-refractivity contribution is 5.90. The molecule has 0 aromatic carbocycles. The molecular formula is C20H35N5O2. The van der Waals surface area contributed by atoms with Crippen LogP contribution in [-0.4, -0.2) is 82.8 Å². The molecule has 2 saturated heterocycles. The Kier molecular flexibility index (Phi) is 7.26. The number of aromatic nitrogens is 2. The Labute approximate surface area is 163 Å². The molecule has 2 aliphatic heterocycles. The van der Waals surface area contributed by atoms with E-state index in [1.54, 1.807) is 17.0 Å². The Bertz CT molecular complexity index is 589. The quantitative estimate of drug-likeness (QED) is 0.780. The number of nitrogens with one attached hydrogen (secondary N) is 1. The van der Waals surface area contributed by atoms with Crippen LogP contribution in [-0.2, 0) is 11.8 Å². The minimum absolute atomic E-state index is 0.0935. The third-order valence-electron chi connectivity index (χ3n) is 6.04. The first-order valence-corrected chi connectivity index (χ1v) is 10.4. The summed E-state index contributed by atoms with van der Waals surface area (Å²) in [6.07, 6.45) is 8.07. The first-order valence-electron chi connectivity index (χ1n) is 10.4. The van der Waals surface area contributed by atoms with Gasteiger partial charge in [-0.1, -0.05) is 0 Å². The minimum Gasteiger partial charge on any atom is -0.381 e. The predicted octanol–water partition coefficient (Wildman–Crippen LogP) is 1.50. The van der Waals surface area contributed by atoms with Crippen LogP contribution in [0.2, 0.25) is 0 Å². The topological polar surface area (TPSA) is 62.6 Å². The van der Waals surface area contributed by atoms with Crippen LogP contribution >= 0.6 is 0 Å². The van der Waals surface area contributed by atoms with Gasteiger partial charge in [0.15, 0.2) is 5.82 Å². The monoisotopic (exact) mass is 377 g/mol. The molecule has 0 spiro atoms. The highest BCUT2D eigenvalue weighted by atomic mass is 16.5. The number of hydrogen-bond donors (Lipinski definition) is 1. The van der Waals surface area contributed by atoms with E-state index in [9.17, 15) is 4.79 Å². The molecule has 0 aliphatic carbocycles. The lowest BCUT2D eigenvalue weighted by atomic mass is 9.97. The van der Waals surface area contributed by atoms with Gasteiger partial charge in [0.2, 0.25) is 0 Å². The molecule has 1 aromatic rings. The number of imidazole rings is 1. The Hall–Kier alpha value is -1.44. The first-order chi connectivity index (χ1) is 13.1. The van der Waals surface area contributed by atoms with Gasteiger partial charge in [0.05, 0.1) is 0 Å². The largest absolute Gasteiger partial charge is 0.381 e. The van der Waals surface area contributed by atoms with Crippen molar-refractivity contribution in [2.45, 2.75) is 57.7 Å². The summed E-state index contributed by atoms with van der Waals surface area (Å²) in [5, 5.41) is 3.06. The number of ether oxygens (including phenoxy) is 1. The second kappa shape index (κ2) is 9.66. The van der Waals surface area contributed by atoms with E-state index in [4.69, 9.17) is 4.74 Å². The summed E-state index contributed by atoms with van der Waals surface area (Å²) < 4.78 is 7.33. The van der Waals surface area contributed by atoms with Crippen molar-refractivity contribution in [2.75, 3.05) is 39.4 Å². The number of amides is 1. The van der Waals surface area contributed by atoms with Crippen molar-refractivity contribution in [3.05, 3.63) is 18.2 Å². The fourth-order valence-electron chi connectivity index (χ4n) is 4.38. The van der Waals surface area contributed by atoms with Gasteiger partial charge in [-0.25, -0.2) is 4.98 Å². The highest BCUT2D eigenvalue weighted by Crippen LogP contribution is 2.24. The number of hydrogen-bond acceptors (Lipinski definition) is 5. The molecule has 1 amide bonds. The third kappa shape index (κ3) is 5.30. The van der Waals surface area contributed by atoms with E-state index in [1.165, 1.54) is 25.9 Å². The Balaban J connectivity index is 1.55. The minimum atomic E-state index is -0.0935. The molecule has 0 radical (unpaired) electrons. The maximum absolute atomic E-state index is 12.3. The fourth-order valence-corrected chi connectivity index (χ4v) is 4.38. The van der Waals surface area contributed by atoms with Crippen LogP contribution in [0.4, 0.5) is 0 Å². The zero-order valence-electron chi connectivity index (χ0n) is 17.1. The molecule has 0 bridgehead atoms. The van der Waals surface area contributed by atoms with Crippen LogP contribution < -0.4 is 5.32 Å². The van der Waals surface area contributed by atoms with Gasteiger partial charge in [0.25, 0.3) is 5.91 Å². The van der Waals surface area contributed by atoms with E-state index in [0.717, 1.165) is 32.6 Å². The van der Waals surface area contributed by atoms with Crippen molar-refractivity contribution >= 4 is 5.91 Å². The number of likely N-dealkylation sites (tertiary alicyclic amines) is 1. The highest BCUT2D eigenvalue weighted by Gasteiger charge is 2.31. The summed E-state index contributed by atoms with van der Waals surface area (Å²) >= 11 is 0. The lowest BCUT2D eigenvalue weighted by Crippen LogP contribution is -2.53. The van der Waals surface area contributed by atoms with Crippen LogP contribution in [0.15, 0.2) is 12.4 Å². The number of aryl methyl sites for hydroxylation is 1. The Morgan fingerprint density at radius 3 is 2.52 bits per heavy atom. The van der Waals surface area contributed by atoms with E-state index in [-0.39, 0.29) is 5.91 Å². The molecule has 2 aliphatic rings. The normalized spacial score (nSPS) is 20.5. The maximum Gasteiger partial charge on any atom is 0.287 e. The molecule has 0 unspecified atom stereocenters. The summed E-state index contributed by atoms with van der Waals surface area (Å²) in [5.41, 5.74) is 0. The second-order valence-electron chi connectivity index (χ2n) is 8.06. The molecule has 152 valence electrons. The molecule has 3 rings (SSSR count). The van der Waals surface area contributed by atoms with Crippen LogP contribution in [0.5, 0.6) is 0 Å². The van der Waals surface area contributed by atoms with E-state index in [0.29, 0.717) is 30.5 Å². The van der Waals surface area contributed by atoms with Crippen molar-refractivity contribution in [1.29, 1.82) is 0 Å². The molecule has 0 saturated carbocycles. The van der Waals surface area contributed by atoms with Crippen LogP contribution in [0.25, 0.3) is 0 Å². The fraction of sp³-hybridized carbons (Fsp3) is 0.800. The molecule has 1 aromatic heterocycles. The second-order valence-corrected chi connectivity index (χ2v) is 8.06. The maximum atomic E-state index is 12.3. The summed E-state index contributed by atoms with van der Waals surface area (Å²) in [4.78, 5) is 21.7. The zero-order valence-corrected chi connectivity index (χ0v) is 17.1. The first kappa shape index (κ1) is 20.3. The predicted molar refractivity (Wildman–Crippen MR) is 106 cm³/mol. The van der Waals surface area contributed by atoms with E-state index in [1.807, 2.05) is 7.05 Å². The summed E-state index contributed by atoms with van der Waals surface area (Å²) in [5.74, 6) is 0.377. The molecule has 0 atom stereocenters. The third-order valence-corrected chi connectivity index (χ3v) is 6.04. The van der Waals surface area contributed by atoms with Gasteiger partial charge < -0.3 is 19.5 Å². The van der Waals surface area contributed by atoms with Gasteiger partial charge >= 0.3 is 0 Å². The smallest absolute Gasteiger partial charge is 0.287 e. The molecule has 7 heteroatoms.